The highest BCUT2D eigenvalue weighted by Crippen LogP contribution is 2.21. The van der Waals surface area contributed by atoms with Crippen molar-refractivity contribution in [1.29, 1.82) is 0 Å². The highest BCUT2D eigenvalue weighted by atomic mass is 19.1. The van der Waals surface area contributed by atoms with Gasteiger partial charge in [-0.3, -0.25) is 14.4 Å². The van der Waals surface area contributed by atoms with Crippen LogP contribution in [0.4, 0.5) is 10.1 Å². The maximum Gasteiger partial charge on any atom is 0.342 e. The number of carbonyl (C=O) groups is 4. The first-order valence-corrected chi connectivity index (χ1v) is 10.7. The second kappa shape index (κ2) is 11.8. The minimum absolute atomic E-state index is 0.0120. The summed E-state index contributed by atoms with van der Waals surface area (Å²) in [6, 6.07) is 11.8. The molecule has 0 bridgehead atoms. The van der Waals surface area contributed by atoms with Gasteiger partial charge in [0.1, 0.15) is 17.1 Å². The zero-order valence-corrected chi connectivity index (χ0v) is 18.6. The van der Waals surface area contributed by atoms with Crippen LogP contribution in [0.2, 0.25) is 0 Å². The number of esters is 2. The van der Waals surface area contributed by atoms with Gasteiger partial charge in [0.05, 0.1) is 18.7 Å². The minimum Gasteiger partial charge on any atom is -0.483 e. The van der Waals surface area contributed by atoms with Gasteiger partial charge in [-0.15, -0.1) is 0 Å². The summed E-state index contributed by atoms with van der Waals surface area (Å²) in [5, 5.41) is 2.39. The third-order valence-electron chi connectivity index (χ3n) is 5.32. The van der Waals surface area contributed by atoms with Gasteiger partial charge in [0.15, 0.2) is 13.2 Å². The normalized spacial score (nSPS) is 13.6. The number of likely N-dealkylation sites (tertiary alicyclic amines) is 1. The van der Waals surface area contributed by atoms with Gasteiger partial charge in [0, 0.05) is 13.1 Å². The molecule has 1 fully saturated rings. The third kappa shape index (κ3) is 6.53. The van der Waals surface area contributed by atoms with Crippen molar-refractivity contribution in [3.8, 4) is 5.75 Å². The van der Waals surface area contributed by atoms with E-state index in [2.05, 4.69) is 5.32 Å². The summed E-state index contributed by atoms with van der Waals surface area (Å²) >= 11 is 0. The standard InChI is InChI=1S/C24H25FN2O7/c1-32-23(30)16-10-12-27(13-11-16)22(29)15-34-24(31)17-6-2-5-9-20(17)33-14-21(28)26-19-8-4-3-7-18(19)25/h2-9,16H,10-15H2,1H3,(H,26,28). The van der Waals surface area contributed by atoms with Crippen molar-refractivity contribution in [2.24, 2.45) is 5.92 Å². The quantitative estimate of drug-likeness (QED) is 0.588. The summed E-state index contributed by atoms with van der Waals surface area (Å²) in [6.45, 7) is -0.198. The van der Waals surface area contributed by atoms with E-state index >= 15 is 0 Å². The fourth-order valence-electron chi connectivity index (χ4n) is 3.48. The Kier molecular flexibility index (Phi) is 8.55. The molecule has 0 aromatic heterocycles. The van der Waals surface area contributed by atoms with Gasteiger partial charge < -0.3 is 24.4 Å². The van der Waals surface area contributed by atoms with Gasteiger partial charge in [-0.1, -0.05) is 24.3 Å². The molecule has 1 heterocycles. The summed E-state index contributed by atoms with van der Waals surface area (Å²) in [7, 11) is 1.33. The zero-order chi connectivity index (χ0) is 24.5. The highest BCUT2D eigenvalue weighted by Gasteiger charge is 2.28. The zero-order valence-electron chi connectivity index (χ0n) is 18.6. The van der Waals surface area contributed by atoms with Crippen LogP contribution >= 0.6 is 0 Å². The van der Waals surface area contributed by atoms with Gasteiger partial charge in [0.2, 0.25) is 0 Å². The van der Waals surface area contributed by atoms with Gasteiger partial charge in [-0.25, -0.2) is 9.18 Å². The number of nitrogens with zero attached hydrogens (tertiary/aromatic N) is 1. The molecule has 1 saturated heterocycles. The molecular formula is C24H25FN2O7. The molecule has 1 aliphatic rings. The van der Waals surface area contributed by atoms with Crippen LogP contribution in [0.5, 0.6) is 5.75 Å². The van der Waals surface area contributed by atoms with E-state index in [4.69, 9.17) is 14.2 Å². The number of amides is 2. The van der Waals surface area contributed by atoms with Crippen molar-refractivity contribution in [1.82, 2.24) is 4.90 Å². The lowest BCUT2D eigenvalue weighted by atomic mass is 9.97. The van der Waals surface area contributed by atoms with E-state index in [1.807, 2.05) is 0 Å². The van der Waals surface area contributed by atoms with Gasteiger partial charge in [-0.05, 0) is 37.1 Å². The van der Waals surface area contributed by atoms with E-state index in [-0.39, 0.29) is 34.8 Å². The van der Waals surface area contributed by atoms with Crippen molar-refractivity contribution in [2.75, 3.05) is 38.7 Å². The summed E-state index contributed by atoms with van der Waals surface area (Å²) in [6.07, 6.45) is 0.968. The molecule has 0 aliphatic carbocycles. The Labute approximate surface area is 195 Å². The smallest absolute Gasteiger partial charge is 0.342 e. The van der Waals surface area contributed by atoms with Crippen LogP contribution in [0.25, 0.3) is 0 Å². The van der Waals surface area contributed by atoms with Crippen molar-refractivity contribution >= 4 is 29.4 Å². The predicted molar refractivity (Wildman–Crippen MR) is 119 cm³/mol. The van der Waals surface area contributed by atoms with Gasteiger partial charge >= 0.3 is 11.9 Å². The first-order chi connectivity index (χ1) is 16.4. The second-order valence-electron chi connectivity index (χ2n) is 7.57. The van der Waals surface area contributed by atoms with Crippen LogP contribution in [-0.2, 0) is 23.9 Å². The molecule has 1 aliphatic heterocycles. The van der Waals surface area contributed by atoms with E-state index in [1.165, 1.54) is 42.3 Å². The molecule has 1 N–H and O–H groups in total. The SMILES string of the molecule is COC(=O)C1CCN(C(=O)COC(=O)c2ccccc2OCC(=O)Nc2ccccc2F)CC1. The summed E-state index contributed by atoms with van der Waals surface area (Å²) < 4.78 is 29.0. The number of nitrogens with one attached hydrogen (secondary N) is 1. The van der Waals surface area contributed by atoms with E-state index in [9.17, 15) is 23.6 Å². The molecule has 180 valence electrons. The number of hydrogen-bond donors (Lipinski definition) is 1. The Morgan fingerprint density at radius 1 is 1.00 bits per heavy atom. The van der Waals surface area contributed by atoms with Crippen LogP contribution in [-0.4, -0.2) is 62.1 Å². The van der Waals surface area contributed by atoms with Crippen molar-refractivity contribution < 1.29 is 37.8 Å². The molecule has 10 heteroatoms. The lowest BCUT2D eigenvalue weighted by molar-refractivity contribution is -0.149. The first-order valence-electron chi connectivity index (χ1n) is 10.7. The monoisotopic (exact) mass is 472 g/mol. The lowest BCUT2D eigenvalue weighted by Gasteiger charge is -2.30. The maximum atomic E-state index is 13.7. The van der Waals surface area contributed by atoms with E-state index in [0.717, 1.165) is 0 Å². The van der Waals surface area contributed by atoms with Gasteiger partial charge in [-0.2, -0.15) is 0 Å². The van der Waals surface area contributed by atoms with Gasteiger partial charge in [0.25, 0.3) is 11.8 Å². The molecular weight excluding hydrogens is 447 g/mol. The number of benzene rings is 2. The number of ether oxygens (including phenoxy) is 3. The first kappa shape index (κ1) is 24.7. The number of anilines is 1. The average molecular weight is 472 g/mol. The Balaban J connectivity index is 1.50. The van der Waals surface area contributed by atoms with Crippen LogP contribution in [0.15, 0.2) is 48.5 Å². The molecule has 0 radical (unpaired) electrons. The van der Waals surface area contributed by atoms with E-state index in [1.54, 1.807) is 18.2 Å². The number of piperidine rings is 1. The number of halogens is 1. The fraction of sp³-hybridized carbons (Fsp3) is 0.333. The molecule has 3 rings (SSSR count). The molecule has 2 aromatic carbocycles. The number of carbonyl (C=O) groups excluding carboxylic acids is 4. The van der Waals surface area contributed by atoms with Crippen LogP contribution < -0.4 is 10.1 Å². The Morgan fingerprint density at radius 2 is 1.68 bits per heavy atom. The maximum absolute atomic E-state index is 13.7. The number of methoxy groups -OCH3 is 1. The fourth-order valence-corrected chi connectivity index (χ4v) is 3.48. The lowest BCUT2D eigenvalue weighted by Crippen LogP contribution is -2.42. The number of rotatable bonds is 8. The summed E-state index contributed by atoms with van der Waals surface area (Å²) in [5.41, 5.74) is 0.0521. The topological polar surface area (TPSA) is 111 Å². The predicted octanol–water partition coefficient (Wildman–Crippen LogP) is 2.41. The summed E-state index contributed by atoms with van der Waals surface area (Å²) in [5.74, 6) is -2.81. The Morgan fingerprint density at radius 3 is 2.38 bits per heavy atom. The Hall–Kier alpha value is -3.95. The molecule has 34 heavy (non-hydrogen) atoms. The molecule has 0 spiro atoms. The third-order valence-corrected chi connectivity index (χ3v) is 5.32. The molecule has 9 nitrogen and oxygen atoms in total. The van der Waals surface area contributed by atoms with Crippen molar-refractivity contribution in [2.45, 2.75) is 12.8 Å². The Bertz CT molecular complexity index is 1050. The van der Waals surface area contributed by atoms with E-state index < -0.39 is 30.9 Å². The van der Waals surface area contributed by atoms with Crippen LogP contribution in [0.1, 0.15) is 23.2 Å². The van der Waals surface area contributed by atoms with E-state index in [0.29, 0.717) is 25.9 Å². The minimum atomic E-state index is -0.789. The van der Waals surface area contributed by atoms with Crippen molar-refractivity contribution in [3.63, 3.8) is 0 Å². The molecule has 0 unspecified atom stereocenters. The van der Waals surface area contributed by atoms with Crippen LogP contribution in [0.3, 0.4) is 0 Å². The highest BCUT2D eigenvalue weighted by molar-refractivity contribution is 5.95. The summed E-state index contributed by atoms with van der Waals surface area (Å²) in [4.78, 5) is 50.2. The second-order valence-corrected chi connectivity index (χ2v) is 7.57. The molecule has 2 aromatic rings. The largest absolute Gasteiger partial charge is 0.483 e. The molecule has 0 saturated carbocycles. The van der Waals surface area contributed by atoms with Crippen LogP contribution in [0, 0.1) is 11.7 Å². The molecule has 0 atom stereocenters. The van der Waals surface area contributed by atoms with Crippen molar-refractivity contribution in [3.05, 3.63) is 59.9 Å². The average Bonchev–Trinajstić information content (AvgIpc) is 2.87. The number of para-hydroxylation sites is 2. The molecule has 2 amide bonds. The number of hydrogen-bond acceptors (Lipinski definition) is 7.